The highest BCUT2D eigenvalue weighted by Gasteiger charge is 2.34. The van der Waals surface area contributed by atoms with E-state index in [0.717, 1.165) is 32.8 Å². The van der Waals surface area contributed by atoms with E-state index in [1.807, 2.05) is 76.7 Å². The van der Waals surface area contributed by atoms with Crippen LogP contribution in [0.2, 0.25) is 0 Å². The monoisotopic (exact) mass is 497 g/mol. The molecule has 6 rings (SSSR count). The van der Waals surface area contributed by atoms with Gasteiger partial charge in [-0.15, -0.1) is 21.5 Å². The minimum Gasteiger partial charge on any atom is -0.497 e. The molecule has 0 saturated heterocycles. The van der Waals surface area contributed by atoms with Gasteiger partial charge < -0.3 is 13.7 Å². The van der Waals surface area contributed by atoms with Gasteiger partial charge in [0.25, 0.3) is 11.8 Å². The molecule has 0 saturated carbocycles. The van der Waals surface area contributed by atoms with E-state index in [2.05, 4.69) is 10.2 Å². The van der Waals surface area contributed by atoms with Crippen molar-refractivity contribution >= 4 is 33.9 Å². The number of ether oxygens (including phenoxy) is 1. The van der Waals surface area contributed by atoms with Crippen molar-refractivity contribution in [2.24, 2.45) is 5.10 Å². The largest absolute Gasteiger partial charge is 0.497 e. The molecule has 1 amide bonds. The summed E-state index contributed by atoms with van der Waals surface area (Å²) < 4.78 is 13.0. The van der Waals surface area contributed by atoms with Crippen LogP contribution in [0.25, 0.3) is 22.5 Å². The zero-order valence-electron chi connectivity index (χ0n) is 19.8. The Hall–Kier alpha value is -4.24. The van der Waals surface area contributed by atoms with Gasteiger partial charge >= 0.3 is 0 Å². The summed E-state index contributed by atoms with van der Waals surface area (Å²) in [4.78, 5) is 14.9. The molecule has 0 radical (unpaired) electrons. The lowest BCUT2D eigenvalue weighted by Crippen LogP contribution is -2.30. The molecule has 8 nitrogen and oxygen atoms in total. The Bertz CT molecular complexity index is 1570. The number of benzene rings is 2. The normalized spacial score (nSPS) is 15.4. The number of thiophene rings is 1. The van der Waals surface area contributed by atoms with E-state index in [4.69, 9.17) is 14.3 Å². The first-order valence-electron chi connectivity index (χ1n) is 11.6. The lowest BCUT2D eigenvalue weighted by Gasteiger charge is -2.23. The van der Waals surface area contributed by atoms with Crippen LogP contribution in [-0.2, 0) is 11.3 Å². The predicted octanol–water partition coefficient (Wildman–Crippen LogP) is 5.45. The maximum Gasteiger partial charge on any atom is 0.264 e. The summed E-state index contributed by atoms with van der Waals surface area (Å²) in [5.74, 6) is 1.50. The van der Waals surface area contributed by atoms with Crippen LogP contribution in [0, 0.1) is 6.92 Å². The van der Waals surface area contributed by atoms with Gasteiger partial charge in [-0.05, 0) is 41.3 Å². The summed E-state index contributed by atoms with van der Waals surface area (Å²) in [6, 6.07) is 21.5. The minimum absolute atomic E-state index is 0.0815. The van der Waals surface area contributed by atoms with Crippen LogP contribution >= 0.6 is 11.3 Å². The zero-order valence-corrected chi connectivity index (χ0v) is 20.6. The van der Waals surface area contributed by atoms with E-state index in [1.54, 1.807) is 30.4 Å². The average Bonchev–Trinajstić information content (AvgIpc) is 3.70. The Labute approximate surface area is 211 Å². The van der Waals surface area contributed by atoms with Crippen molar-refractivity contribution < 1.29 is 13.9 Å². The van der Waals surface area contributed by atoms with Crippen LogP contribution in [0.4, 0.5) is 0 Å². The molecule has 0 aliphatic carbocycles. The molecule has 9 heteroatoms. The highest BCUT2D eigenvalue weighted by molar-refractivity contribution is 7.12. The van der Waals surface area contributed by atoms with Crippen LogP contribution in [0.5, 0.6) is 5.75 Å². The number of aromatic nitrogens is 3. The Morgan fingerprint density at radius 3 is 2.67 bits per heavy atom. The summed E-state index contributed by atoms with van der Waals surface area (Å²) in [5, 5.41) is 17.6. The Morgan fingerprint density at radius 1 is 1.11 bits per heavy atom. The summed E-state index contributed by atoms with van der Waals surface area (Å²) in [7, 11) is 1.64. The molecule has 1 aliphatic heterocycles. The topological polar surface area (TPSA) is 85.8 Å². The summed E-state index contributed by atoms with van der Waals surface area (Å²) in [6.07, 6.45) is 0.640. The molecule has 1 aliphatic rings. The Balaban J connectivity index is 1.39. The van der Waals surface area contributed by atoms with Crippen LogP contribution in [0.3, 0.4) is 0 Å². The highest BCUT2D eigenvalue weighted by atomic mass is 32.1. The SMILES string of the molecule is COc1ccc([C@H]2CC(c3cccs3)=NN2C(=O)Cn2c(-c3nnc(C)o3)cc3ccccc32)cc1. The number of fused-ring (bicyclic) bond motifs is 1. The third-order valence-electron chi connectivity index (χ3n) is 6.32. The van der Waals surface area contributed by atoms with E-state index in [1.165, 1.54) is 0 Å². The van der Waals surface area contributed by atoms with E-state index >= 15 is 0 Å². The average molecular weight is 498 g/mol. The van der Waals surface area contributed by atoms with Crippen molar-refractivity contribution in [2.45, 2.75) is 25.9 Å². The maximum absolute atomic E-state index is 13.9. The van der Waals surface area contributed by atoms with Gasteiger partial charge in [0.2, 0.25) is 5.89 Å². The van der Waals surface area contributed by atoms with E-state index in [0.29, 0.717) is 23.9 Å². The van der Waals surface area contributed by atoms with E-state index < -0.39 is 0 Å². The van der Waals surface area contributed by atoms with E-state index in [9.17, 15) is 4.79 Å². The van der Waals surface area contributed by atoms with Gasteiger partial charge in [-0.2, -0.15) is 5.10 Å². The second kappa shape index (κ2) is 9.09. The van der Waals surface area contributed by atoms with Gasteiger partial charge in [0.1, 0.15) is 18.0 Å². The molecule has 0 N–H and O–H groups in total. The highest BCUT2D eigenvalue weighted by Crippen LogP contribution is 2.35. The van der Waals surface area contributed by atoms with Gasteiger partial charge in [0, 0.05) is 24.2 Å². The third kappa shape index (κ3) is 3.97. The van der Waals surface area contributed by atoms with Crippen LogP contribution < -0.4 is 4.74 Å². The number of hydrazone groups is 1. The number of amides is 1. The molecule has 0 spiro atoms. The molecular weight excluding hydrogens is 474 g/mol. The number of methoxy groups -OCH3 is 1. The van der Waals surface area contributed by atoms with Crippen molar-refractivity contribution in [3.8, 4) is 17.3 Å². The van der Waals surface area contributed by atoms with Crippen molar-refractivity contribution in [2.75, 3.05) is 7.11 Å². The number of carbonyl (C=O) groups excluding carboxylic acids is 1. The van der Waals surface area contributed by atoms with E-state index in [-0.39, 0.29) is 18.5 Å². The quantitative estimate of drug-likeness (QED) is 0.312. The molecule has 1 atom stereocenters. The number of nitrogens with zero attached hydrogens (tertiary/aromatic N) is 5. The molecule has 0 unspecified atom stereocenters. The second-order valence-corrected chi connectivity index (χ2v) is 9.50. The third-order valence-corrected chi connectivity index (χ3v) is 7.24. The summed E-state index contributed by atoms with van der Waals surface area (Å²) in [5.41, 5.74) is 3.53. The number of hydrogen-bond acceptors (Lipinski definition) is 7. The number of hydrogen-bond donors (Lipinski definition) is 0. The molecular formula is C27H23N5O3S. The smallest absolute Gasteiger partial charge is 0.264 e. The van der Waals surface area contributed by atoms with Crippen molar-refractivity contribution in [1.29, 1.82) is 0 Å². The standard InChI is InChI=1S/C27H23N5O3S/c1-17-28-29-27(35-17)24-14-19-6-3-4-7-22(19)31(24)16-26(33)32-23(18-9-11-20(34-2)12-10-18)15-21(30-32)25-8-5-13-36-25/h3-14,23H,15-16H2,1-2H3/t23-/m1/s1. The summed E-state index contributed by atoms with van der Waals surface area (Å²) in [6.45, 7) is 1.83. The molecule has 5 aromatic rings. The maximum atomic E-state index is 13.9. The first kappa shape index (κ1) is 22.2. The molecule has 2 aromatic carbocycles. The first-order chi connectivity index (χ1) is 17.6. The molecule has 36 heavy (non-hydrogen) atoms. The number of rotatable bonds is 6. The van der Waals surface area contributed by atoms with Crippen molar-refractivity contribution in [3.63, 3.8) is 0 Å². The van der Waals surface area contributed by atoms with Crippen molar-refractivity contribution in [1.82, 2.24) is 19.8 Å². The lowest BCUT2D eigenvalue weighted by atomic mass is 10.0. The van der Waals surface area contributed by atoms with Gasteiger partial charge in [-0.1, -0.05) is 36.4 Å². The van der Waals surface area contributed by atoms with Crippen molar-refractivity contribution in [3.05, 3.63) is 88.4 Å². The fourth-order valence-corrected chi connectivity index (χ4v) is 5.30. The van der Waals surface area contributed by atoms with Gasteiger partial charge in [-0.25, -0.2) is 5.01 Å². The Kier molecular flexibility index (Phi) is 5.61. The number of para-hydroxylation sites is 1. The molecule has 180 valence electrons. The van der Waals surface area contributed by atoms with Crippen LogP contribution in [0.15, 0.2) is 81.6 Å². The predicted molar refractivity (Wildman–Crippen MR) is 138 cm³/mol. The Morgan fingerprint density at radius 2 is 1.94 bits per heavy atom. The van der Waals surface area contributed by atoms with Gasteiger partial charge in [0.15, 0.2) is 0 Å². The number of carbonyl (C=O) groups is 1. The van der Waals surface area contributed by atoms with Gasteiger partial charge in [-0.3, -0.25) is 4.79 Å². The number of aryl methyl sites for hydroxylation is 1. The molecule has 3 aromatic heterocycles. The lowest BCUT2D eigenvalue weighted by molar-refractivity contribution is -0.133. The first-order valence-corrected chi connectivity index (χ1v) is 12.4. The van der Waals surface area contributed by atoms with Crippen LogP contribution in [-0.4, -0.2) is 38.5 Å². The minimum atomic E-state index is -0.212. The molecule has 4 heterocycles. The molecule has 0 bridgehead atoms. The second-order valence-electron chi connectivity index (χ2n) is 8.56. The van der Waals surface area contributed by atoms with Crippen LogP contribution in [0.1, 0.15) is 28.8 Å². The van der Waals surface area contributed by atoms with Gasteiger partial charge in [0.05, 0.1) is 23.7 Å². The fourth-order valence-electron chi connectivity index (χ4n) is 4.58. The fraction of sp³-hybridized carbons (Fsp3) is 0.185. The zero-order chi connectivity index (χ0) is 24.6. The molecule has 0 fully saturated rings. The summed E-state index contributed by atoms with van der Waals surface area (Å²) >= 11 is 1.62.